The highest BCUT2D eigenvalue weighted by molar-refractivity contribution is 7.89. The molecular weight excluding hydrogens is 226 g/mol. The first-order valence-corrected chi connectivity index (χ1v) is 6.94. The van der Waals surface area contributed by atoms with Gasteiger partial charge >= 0.3 is 0 Å². The van der Waals surface area contributed by atoms with E-state index in [-0.39, 0.29) is 12.4 Å². The number of benzene rings is 1. The van der Waals surface area contributed by atoms with Crippen LogP contribution in [-0.2, 0) is 21.5 Å². The molecular formula is C11H17NO3S. The van der Waals surface area contributed by atoms with Crippen LogP contribution in [0.3, 0.4) is 0 Å². The van der Waals surface area contributed by atoms with Crippen LogP contribution < -0.4 is 4.89 Å². The molecule has 0 radical (unpaired) electrons. The smallest absolute Gasteiger partial charge is 0.233 e. The summed E-state index contributed by atoms with van der Waals surface area (Å²) in [6.07, 6.45) is 1.49. The van der Waals surface area contributed by atoms with E-state index in [1.54, 1.807) is 0 Å². The van der Waals surface area contributed by atoms with Gasteiger partial charge in [0.25, 0.3) is 0 Å². The van der Waals surface area contributed by atoms with Crippen molar-refractivity contribution in [3.05, 3.63) is 35.9 Å². The van der Waals surface area contributed by atoms with Gasteiger partial charge in [0.05, 0.1) is 12.4 Å². The lowest BCUT2D eigenvalue weighted by atomic mass is 10.2. The Kier molecular flexibility index (Phi) is 5.45. The minimum absolute atomic E-state index is 0.109. The summed E-state index contributed by atoms with van der Waals surface area (Å²) in [6.45, 7) is 2.19. The molecule has 0 aliphatic heterocycles. The van der Waals surface area contributed by atoms with Gasteiger partial charge in [-0.3, -0.25) is 4.84 Å². The van der Waals surface area contributed by atoms with Gasteiger partial charge in [0.1, 0.15) is 0 Å². The second-order valence-electron chi connectivity index (χ2n) is 3.53. The maximum absolute atomic E-state index is 11.3. The van der Waals surface area contributed by atoms with Crippen molar-refractivity contribution in [2.45, 2.75) is 26.4 Å². The molecule has 1 aromatic rings. The fourth-order valence-electron chi connectivity index (χ4n) is 1.15. The van der Waals surface area contributed by atoms with Gasteiger partial charge in [0.2, 0.25) is 10.0 Å². The number of rotatable bonds is 7. The normalized spacial score (nSPS) is 11.6. The molecule has 1 rings (SSSR count). The molecule has 0 aliphatic rings. The molecule has 1 aromatic carbocycles. The highest BCUT2D eigenvalue weighted by Gasteiger charge is 2.08. The summed E-state index contributed by atoms with van der Waals surface area (Å²) in [5, 5.41) is 0. The Balaban J connectivity index is 2.30. The van der Waals surface area contributed by atoms with Crippen LogP contribution in [0, 0.1) is 0 Å². The molecule has 0 heterocycles. The molecule has 4 nitrogen and oxygen atoms in total. The largest absolute Gasteiger partial charge is 0.282 e. The van der Waals surface area contributed by atoms with Crippen LogP contribution in [-0.4, -0.2) is 14.2 Å². The summed E-state index contributed by atoms with van der Waals surface area (Å²) in [7, 11) is -3.29. The molecule has 0 bridgehead atoms. The van der Waals surface area contributed by atoms with E-state index < -0.39 is 10.0 Å². The van der Waals surface area contributed by atoms with Gasteiger partial charge in [0, 0.05) is 0 Å². The molecule has 90 valence electrons. The highest BCUT2D eigenvalue weighted by Crippen LogP contribution is 2.00. The first kappa shape index (κ1) is 13.2. The second-order valence-corrected chi connectivity index (χ2v) is 5.33. The lowest BCUT2D eigenvalue weighted by molar-refractivity contribution is 0.0795. The third-order valence-electron chi connectivity index (χ3n) is 2.03. The van der Waals surface area contributed by atoms with E-state index in [1.165, 1.54) is 0 Å². The molecule has 0 saturated carbocycles. The standard InChI is InChI=1S/C11H17NO3S/c1-2-3-9-16(13,14)12-15-10-11-7-5-4-6-8-11/h4-8,12H,2-3,9-10H2,1H3. The van der Waals surface area contributed by atoms with E-state index in [2.05, 4.69) is 4.89 Å². The molecule has 0 amide bonds. The fraction of sp³-hybridized carbons (Fsp3) is 0.455. The SMILES string of the molecule is CCCCS(=O)(=O)NOCc1ccccc1. The molecule has 1 N–H and O–H groups in total. The van der Waals surface area contributed by atoms with Crippen molar-refractivity contribution in [2.24, 2.45) is 0 Å². The minimum atomic E-state index is -3.29. The van der Waals surface area contributed by atoms with Crippen molar-refractivity contribution in [3.63, 3.8) is 0 Å². The number of sulfonamides is 1. The Morgan fingerprint density at radius 3 is 2.56 bits per heavy atom. The van der Waals surface area contributed by atoms with E-state index >= 15 is 0 Å². The van der Waals surface area contributed by atoms with Gasteiger partial charge in [-0.25, -0.2) is 8.42 Å². The molecule has 0 unspecified atom stereocenters. The van der Waals surface area contributed by atoms with E-state index in [0.717, 1.165) is 12.0 Å². The Morgan fingerprint density at radius 2 is 1.94 bits per heavy atom. The predicted molar refractivity (Wildman–Crippen MR) is 63.1 cm³/mol. The summed E-state index contributed by atoms with van der Waals surface area (Å²) >= 11 is 0. The van der Waals surface area contributed by atoms with Gasteiger partial charge in [-0.15, -0.1) is 0 Å². The van der Waals surface area contributed by atoms with E-state index in [9.17, 15) is 8.42 Å². The zero-order valence-electron chi connectivity index (χ0n) is 9.35. The number of hydrogen-bond acceptors (Lipinski definition) is 3. The molecule has 16 heavy (non-hydrogen) atoms. The second kappa shape index (κ2) is 6.62. The molecule has 0 saturated heterocycles. The van der Waals surface area contributed by atoms with Crippen LogP contribution in [0.15, 0.2) is 30.3 Å². The first-order valence-electron chi connectivity index (χ1n) is 5.29. The zero-order valence-corrected chi connectivity index (χ0v) is 10.2. The van der Waals surface area contributed by atoms with Crippen LogP contribution in [0.4, 0.5) is 0 Å². The Labute approximate surface area is 96.6 Å². The first-order chi connectivity index (χ1) is 7.64. The van der Waals surface area contributed by atoms with Crippen molar-refractivity contribution in [1.82, 2.24) is 4.89 Å². The number of unbranched alkanes of at least 4 members (excludes halogenated alkanes) is 1. The maximum atomic E-state index is 11.3. The van der Waals surface area contributed by atoms with Gasteiger partial charge in [-0.05, 0) is 12.0 Å². The van der Waals surface area contributed by atoms with Crippen LogP contribution in [0.2, 0.25) is 0 Å². The molecule has 0 fully saturated rings. The zero-order chi connectivity index (χ0) is 11.9. The van der Waals surface area contributed by atoms with Gasteiger partial charge < -0.3 is 0 Å². The summed E-state index contributed by atoms with van der Waals surface area (Å²) < 4.78 is 22.7. The predicted octanol–water partition coefficient (Wildman–Crippen LogP) is 1.84. The minimum Gasteiger partial charge on any atom is -0.282 e. The van der Waals surface area contributed by atoms with Crippen LogP contribution in [0.25, 0.3) is 0 Å². The summed E-state index contributed by atoms with van der Waals surface area (Å²) in [6, 6.07) is 9.41. The van der Waals surface area contributed by atoms with Crippen molar-refractivity contribution in [1.29, 1.82) is 0 Å². The van der Waals surface area contributed by atoms with Crippen molar-refractivity contribution < 1.29 is 13.3 Å². The van der Waals surface area contributed by atoms with Crippen LogP contribution in [0.5, 0.6) is 0 Å². The topological polar surface area (TPSA) is 55.4 Å². The highest BCUT2D eigenvalue weighted by atomic mass is 32.2. The van der Waals surface area contributed by atoms with Gasteiger partial charge in [0.15, 0.2) is 0 Å². The summed E-state index contributed by atoms with van der Waals surface area (Å²) in [5.74, 6) is 0.109. The Hall–Kier alpha value is -0.910. The Morgan fingerprint density at radius 1 is 1.25 bits per heavy atom. The average Bonchev–Trinajstić information content (AvgIpc) is 2.28. The van der Waals surface area contributed by atoms with E-state index in [4.69, 9.17) is 4.84 Å². The lowest BCUT2D eigenvalue weighted by Gasteiger charge is -2.06. The molecule has 0 aliphatic carbocycles. The fourth-order valence-corrected chi connectivity index (χ4v) is 2.14. The number of nitrogens with one attached hydrogen (secondary N) is 1. The molecule has 5 heteroatoms. The lowest BCUT2D eigenvalue weighted by Crippen LogP contribution is -2.26. The molecule has 0 spiro atoms. The van der Waals surface area contributed by atoms with Gasteiger partial charge in [-0.1, -0.05) is 48.6 Å². The molecule has 0 aromatic heterocycles. The quantitative estimate of drug-likeness (QED) is 0.743. The Bertz CT molecular complexity index is 389. The summed E-state index contributed by atoms with van der Waals surface area (Å²) in [5.41, 5.74) is 0.931. The van der Waals surface area contributed by atoms with Crippen molar-refractivity contribution >= 4 is 10.0 Å². The van der Waals surface area contributed by atoms with E-state index in [0.29, 0.717) is 6.42 Å². The van der Waals surface area contributed by atoms with Crippen LogP contribution in [0.1, 0.15) is 25.3 Å². The van der Waals surface area contributed by atoms with E-state index in [1.807, 2.05) is 37.3 Å². The third-order valence-corrected chi connectivity index (χ3v) is 3.23. The monoisotopic (exact) mass is 243 g/mol. The average molecular weight is 243 g/mol. The summed E-state index contributed by atoms with van der Waals surface area (Å²) in [4.78, 5) is 7.06. The number of hydrogen-bond donors (Lipinski definition) is 1. The molecule has 0 atom stereocenters. The van der Waals surface area contributed by atoms with Gasteiger partial charge in [-0.2, -0.15) is 0 Å². The third kappa shape index (κ3) is 5.25. The van der Waals surface area contributed by atoms with Crippen LogP contribution >= 0.6 is 0 Å². The van der Waals surface area contributed by atoms with Crippen molar-refractivity contribution in [2.75, 3.05) is 5.75 Å². The van der Waals surface area contributed by atoms with Crippen molar-refractivity contribution in [3.8, 4) is 0 Å². The maximum Gasteiger partial charge on any atom is 0.233 e.